The third kappa shape index (κ3) is 178. The van der Waals surface area contributed by atoms with Gasteiger partial charge >= 0.3 is 0 Å². The molecule has 0 spiro atoms. The summed E-state index contributed by atoms with van der Waals surface area (Å²) in [5.74, 6) is 0. The molecule has 0 aliphatic rings. The van der Waals surface area contributed by atoms with E-state index in [2.05, 4.69) is 0 Å². The van der Waals surface area contributed by atoms with E-state index >= 15 is 0 Å². The first-order valence-electron chi connectivity index (χ1n) is 0. The van der Waals surface area contributed by atoms with Crippen LogP contribution in [0.25, 0.3) is 0 Å². The summed E-state index contributed by atoms with van der Waals surface area (Å²) in [6, 6.07) is 0. The van der Waals surface area contributed by atoms with E-state index in [1.54, 1.807) is 0 Å². The van der Waals surface area contributed by atoms with Crippen molar-refractivity contribution < 1.29 is 0 Å². The molecule has 15 N–H and O–H groups in total. The van der Waals surface area contributed by atoms with E-state index in [4.69, 9.17) is 0 Å². The Labute approximate surface area is 115 Å². The van der Waals surface area contributed by atoms with Gasteiger partial charge in [0.05, 0.1) is 0 Å². The molecule has 0 aromatic rings. The monoisotopic (exact) mass is 485 g/mol. The van der Waals surface area contributed by atoms with Crippen LogP contribution in [0.5, 0.6) is 0 Å². The Morgan fingerprint density at radius 3 is 0.200 bits per heavy atom. The molecule has 0 heterocycles. The summed E-state index contributed by atoms with van der Waals surface area (Å²) in [7, 11) is 0. The minimum absolute atomic E-state index is 0. The molecule has 10 heteroatoms. The van der Waals surface area contributed by atoms with Gasteiger partial charge in [-0.05, 0) is 0 Å². The Kier molecular flexibility index (Phi) is 7610. The third-order valence-corrected chi connectivity index (χ3v) is 0. The fourth-order valence-corrected chi connectivity index (χ4v) is 0. The SMILES string of the molecule is Br.Br.Br.Br.Br.N.N.N.N.N. The molecule has 10 heavy (non-hydrogen) atoms. The van der Waals surface area contributed by atoms with Crippen LogP contribution < -0.4 is 30.8 Å². The van der Waals surface area contributed by atoms with Gasteiger partial charge in [0.1, 0.15) is 0 Å². The lowest BCUT2D eigenvalue weighted by Gasteiger charge is -0.345. The van der Waals surface area contributed by atoms with Crippen molar-refractivity contribution in [1.29, 1.82) is 0 Å². The van der Waals surface area contributed by atoms with E-state index in [-0.39, 0.29) is 116 Å². The van der Waals surface area contributed by atoms with Gasteiger partial charge in [-0.25, -0.2) is 0 Å². The van der Waals surface area contributed by atoms with Crippen molar-refractivity contribution in [1.82, 2.24) is 30.8 Å². The van der Waals surface area contributed by atoms with Crippen LogP contribution in [-0.2, 0) is 0 Å². The van der Waals surface area contributed by atoms with Crippen LogP contribution in [0.4, 0.5) is 0 Å². The lowest BCUT2D eigenvalue weighted by molar-refractivity contribution is 2.13. The maximum absolute atomic E-state index is 0. The molecule has 80 valence electrons. The van der Waals surface area contributed by atoms with Crippen LogP contribution >= 0.6 is 84.9 Å². The fourth-order valence-electron chi connectivity index (χ4n) is 0. The van der Waals surface area contributed by atoms with Gasteiger partial charge < -0.3 is 30.8 Å². The summed E-state index contributed by atoms with van der Waals surface area (Å²) < 4.78 is 0. The van der Waals surface area contributed by atoms with Crippen molar-refractivity contribution in [2.24, 2.45) is 0 Å². The minimum Gasteiger partial charge on any atom is -0.344 e. The van der Waals surface area contributed by atoms with Crippen LogP contribution in [0.1, 0.15) is 0 Å². The van der Waals surface area contributed by atoms with Crippen LogP contribution in [0.2, 0.25) is 0 Å². The van der Waals surface area contributed by atoms with Crippen LogP contribution in [-0.4, -0.2) is 0 Å². The second-order valence-electron chi connectivity index (χ2n) is 0. The molecule has 0 radical (unpaired) electrons. The van der Waals surface area contributed by atoms with Gasteiger partial charge in [-0.2, -0.15) is 0 Å². The summed E-state index contributed by atoms with van der Waals surface area (Å²) >= 11 is 0. The smallest absolute Gasteiger partial charge is 0.114 e. The topological polar surface area (TPSA) is 175 Å². The van der Waals surface area contributed by atoms with E-state index < -0.39 is 0 Å². The second kappa shape index (κ2) is 241. The Balaban J connectivity index is 0. The Morgan fingerprint density at radius 2 is 0.200 bits per heavy atom. The van der Waals surface area contributed by atoms with Crippen LogP contribution in [0.3, 0.4) is 0 Å². The Morgan fingerprint density at radius 1 is 0.200 bits per heavy atom. The molecular formula is H20Br5N5. The van der Waals surface area contributed by atoms with Gasteiger partial charge in [0.15, 0.2) is 0 Å². The summed E-state index contributed by atoms with van der Waals surface area (Å²) in [6.07, 6.45) is 0. The average molecular weight is 490 g/mol. The lowest BCUT2D eigenvalue weighted by Crippen LogP contribution is -0.482. The van der Waals surface area contributed by atoms with E-state index in [9.17, 15) is 0 Å². The standard InChI is InChI=1S/5BrH.5H3N/h5*1H;5*1H3. The fraction of sp³-hybridized carbons (Fsp3) is 0. The molecule has 0 aromatic heterocycles. The van der Waals surface area contributed by atoms with Crippen LogP contribution in [0.15, 0.2) is 0 Å². The molecule has 0 atom stereocenters. The zero-order valence-corrected chi connectivity index (χ0v) is 14.1. The highest BCUT2D eigenvalue weighted by molar-refractivity contribution is 8.93. The molecule has 5 nitrogen and oxygen atoms in total. The highest BCUT2D eigenvalue weighted by atomic mass is 79.9. The molecule has 0 aliphatic heterocycles. The predicted molar refractivity (Wildman–Crippen MR) is 76.7 cm³/mol. The Bertz CT molecular complexity index is 10.0. The zero-order valence-electron chi connectivity index (χ0n) is 5.58. The maximum atomic E-state index is 0. The van der Waals surface area contributed by atoms with Gasteiger partial charge in [-0.1, -0.05) is 0 Å². The molecule has 0 unspecified atom stereocenters. The van der Waals surface area contributed by atoms with Gasteiger partial charge in [-0.15, -0.1) is 84.9 Å². The zero-order chi connectivity index (χ0) is 0. The third-order valence-electron chi connectivity index (χ3n) is 0. The van der Waals surface area contributed by atoms with Gasteiger partial charge in [0.2, 0.25) is 0 Å². The van der Waals surface area contributed by atoms with Crippen molar-refractivity contribution in [2.45, 2.75) is 0 Å². The van der Waals surface area contributed by atoms with Crippen molar-refractivity contribution >= 4 is 84.9 Å². The van der Waals surface area contributed by atoms with Gasteiger partial charge in [-0.3, -0.25) is 0 Å². The predicted octanol–water partition coefficient (Wildman–Crippen LogP) is 3.70. The highest BCUT2D eigenvalue weighted by Crippen LogP contribution is 0.850. The lowest BCUT2D eigenvalue weighted by atomic mass is 14.0. The number of hydrogen-bond donors (Lipinski definition) is 5. The minimum atomic E-state index is 0. The molecule has 0 saturated heterocycles. The molecule has 0 fully saturated rings. The quantitative estimate of drug-likeness (QED) is 0.348. The average Bonchev–Trinajstić information content (AvgIpc) is 0. The van der Waals surface area contributed by atoms with E-state index in [1.165, 1.54) is 0 Å². The number of halogens is 5. The van der Waals surface area contributed by atoms with Crippen molar-refractivity contribution in [3.05, 3.63) is 0 Å². The molecule has 0 aromatic carbocycles. The number of hydrogen-bond acceptors (Lipinski definition) is 5. The van der Waals surface area contributed by atoms with Crippen LogP contribution in [0, 0.1) is 0 Å². The maximum Gasteiger partial charge on any atom is -0.114 e. The van der Waals surface area contributed by atoms with E-state index in [0.29, 0.717) is 0 Å². The molecule has 0 bridgehead atoms. The van der Waals surface area contributed by atoms with Crippen molar-refractivity contribution in [3.8, 4) is 0 Å². The van der Waals surface area contributed by atoms with E-state index in [1.807, 2.05) is 0 Å². The first-order chi connectivity index (χ1) is 0. The normalized spacial score (nSPS) is 0. The van der Waals surface area contributed by atoms with E-state index in [0.717, 1.165) is 0 Å². The van der Waals surface area contributed by atoms with Crippen molar-refractivity contribution in [3.63, 3.8) is 0 Å². The molecular weight excluding hydrogens is 470 g/mol. The highest BCUT2D eigenvalue weighted by Gasteiger charge is -0.109. The first-order valence-corrected chi connectivity index (χ1v) is 0. The molecule has 0 saturated carbocycles. The summed E-state index contributed by atoms with van der Waals surface area (Å²) in [5.41, 5.74) is 0. The molecule has 0 aliphatic carbocycles. The second-order valence-corrected chi connectivity index (χ2v) is 0. The molecule has 0 amide bonds. The van der Waals surface area contributed by atoms with Crippen molar-refractivity contribution in [2.75, 3.05) is 0 Å². The van der Waals surface area contributed by atoms with Gasteiger partial charge in [0.25, 0.3) is 0 Å². The molecule has 0 rings (SSSR count). The largest absolute Gasteiger partial charge is 0.344 e. The summed E-state index contributed by atoms with van der Waals surface area (Å²) in [6.45, 7) is 0. The summed E-state index contributed by atoms with van der Waals surface area (Å²) in [4.78, 5) is 0. The first kappa shape index (κ1) is 316. The Hall–Kier alpha value is 2.20. The number of rotatable bonds is 0. The van der Waals surface area contributed by atoms with Gasteiger partial charge in [0, 0.05) is 0 Å². The summed E-state index contributed by atoms with van der Waals surface area (Å²) in [5, 5.41) is 0.